The van der Waals surface area contributed by atoms with Crippen LogP contribution >= 0.6 is 11.6 Å². The van der Waals surface area contributed by atoms with E-state index in [0.29, 0.717) is 35.3 Å². The Kier molecular flexibility index (Phi) is 4.76. The molecule has 0 spiro atoms. The Morgan fingerprint density at radius 3 is 2.70 bits per heavy atom. The Bertz CT molecular complexity index is 676. The fourth-order valence-electron chi connectivity index (χ4n) is 2.28. The molecule has 1 aromatic heterocycles. The second-order valence-corrected chi connectivity index (χ2v) is 5.72. The quantitative estimate of drug-likeness (QED) is 0.799. The van der Waals surface area contributed by atoms with Crippen LogP contribution < -0.4 is 15.4 Å². The van der Waals surface area contributed by atoms with E-state index in [4.69, 9.17) is 16.3 Å². The van der Waals surface area contributed by atoms with Gasteiger partial charge in [-0.25, -0.2) is 4.98 Å². The minimum absolute atomic E-state index is 0.185. The maximum Gasteiger partial charge on any atom is 0.241 e. The van der Waals surface area contributed by atoms with Gasteiger partial charge in [0.1, 0.15) is 5.75 Å². The number of ether oxygens (including phenoxy) is 1. The number of anilines is 1. The third kappa shape index (κ3) is 4.19. The molecule has 23 heavy (non-hydrogen) atoms. The summed E-state index contributed by atoms with van der Waals surface area (Å²) in [5, 5.41) is 15.8. The molecule has 1 saturated heterocycles. The standard InChI is InChI=1S/C16H16ClN3O3/c17-10-1-4-13(5-2-10)23-15-6-3-11(8-19-15)20-16(22)14-7-12(21)9-18-14/h1-6,8,12,14,18,21H,7,9H2,(H,20,22). The van der Waals surface area contributed by atoms with Crippen LogP contribution in [0, 0.1) is 0 Å². The third-order valence-corrected chi connectivity index (χ3v) is 3.72. The van der Waals surface area contributed by atoms with Crippen molar-refractivity contribution in [2.75, 3.05) is 11.9 Å². The molecule has 1 aliphatic heterocycles. The van der Waals surface area contributed by atoms with Crippen LogP contribution in [-0.2, 0) is 4.79 Å². The highest BCUT2D eigenvalue weighted by Crippen LogP contribution is 2.22. The Labute approximate surface area is 138 Å². The molecule has 0 bridgehead atoms. The summed E-state index contributed by atoms with van der Waals surface area (Å²) < 4.78 is 5.58. The number of hydrogen-bond acceptors (Lipinski definition) is 5. The number of carbonyl (C=O) groups excluding carboxylic acids is 1. The number of nitrogens with zero attached hydrogens (tertiary/aromatic N) is 1. The van der Waals surface area contributed by atoms with Gasteiger partial charge in [-0.05, 0) is 36.8 Å². The Morgan fingerprint density at radius 1 is 1.30 bits per heavy atom. The van der Waals surface area contributed by atoms with E-state index in [-0.39, 0.29) is 11.9 Å². The highest BCUT2D eigenvalue weighted by atomic mass is 35.5. The number of carbonyl (C=O) groups is 1. The summed E-state index contributed by atoms with van der Waals surface area (Å²) in [6.07, 6.45) is 1.46. The molecule has 1 amide bonds. The summed E-state index contributed by atoms with van der Waals surface area (Å²) in [5.74, 6) is 0.859. The summed E-state index contributed by atoms with van der Waals surface area (Å²) >= 11 is 5.81. The lowest BCUT2D eigenvalue weighted by molar-refractivity contribution is -0.117. The zero-order chi connectivity index (χ0) is 16.2. The average Bonchev–Trinajstić information content (AvgIpc) is 2.98. The summed E-state index contributed by atoms with van der Waals surface area (Å²) in [4.78, 5) is 16.2. The van der Waals surface area contributed by atoms with E-state index in [2.05, 4.69) is 15.6 Å². The van der Waals surface area contributed by atoms with Crippen molar-refractivity contribution in [3.05, 3.63) is 47.6 Å². The third-order valence-electron chi connectivity index (χ3n) is 3.46. The molecule has 0 saturated carbocycles. The number of rotatable bonds is 4. The largest absolute Gasteiger partial charge is 0.439 e. The van der Waals surface area contributed by atoms with Crippen molar-refractivity contribution in [1.29, 1.82) is 0 Å². The minimum atomic E-state index is -0.473. The number of β-amino-alcohol motifs (C(OH)–C–C–N with tert-alkyl or cyclic N) is 1. The first-order valence-corrected chi connectivity index (χ1v) is 7.60. The van der Waals surface area contributed by atoms with Crippen molar-refractivity contribution in [2.45, 2.75) is 18.6 Å². The number of benzene rings is 1. The predicted molar refractivity (Wildman–Crippen MR) is 86.8 cm³/mol. The zero-order valence-electron chi connectivity index (χ0n) is 12.2. The van der Waals surface area contributed by atoms with Gasteiger partial charge in [0.25, 0.3) is 0 Å². The SMILES string of the molecule is O=C(Nc1ccc(Oc2ccc(Cl)cc2)nc1)C1CC(O)CN1. The molecule has 7 heteroatoms. The van der Waals surface area contributed by atoms with Crippen LogP contribution in [0.1, 0.15) is 6.42 Å². The number of aliphatic hydroxyl groups is 1. The van der Waals surface area contributed by atoms with Gasteiger partial charge in [0.2, 0.25) is 11.8 Å². The van der Waals surface area contributed by atoms with Gasteiger partial charge < -0.3 is 20.5 Å². The maximum absolute atomic E-state index is 12.0. The lowest BCUT2D eigenvalue weighted by atomic mass is 10.2. The van der Waals surface area contributed by atoms with Gasteiger partial charge in [-0.3, -0.25) is 4.79 Å². The highest BCUT2D eigenvalue weighted by molar-refractivity contribution is 6.30. The van der Waals surface area contributed by atoms with Crippen LogP contribution in [0.4, 0.5) is 5.69 Å². The van der Waals surface area contributed by atoms with Gasteiger partial charge in [0.05, 0.1) is 24.0 Å². The van der Waals surface area contributed by atoms with Crippen molar-refractivity contribution >= 4 is 23.2 Å². The van der Waals surface area contributed by atoms with E-state index in [1.165, 1.54) is 6.20 Å². The molecule has 6 nitrogen and oxygen atoms in total. The fourth-order valence-corrected chi connectivity index (χ4v) is 2.41. The van der Waals surface area contributed by atoms with Crippen LogP contribution in [0.25, 0.3) is 0 Å². The molecule has 2 unspecified atom stereocenters. The molecular weight excluding hydrogens is 318 g/mol. The zero-order valence-corrected chi connectivity index (χ0v) is 13.0. The molecule has 3 N–H and O–H groups in total. The molecular formula is C16H16ClN3O3. The molecule has 1 aliphatic rings. The molecule has 2 heterocycles. The smallest absolute Gasteiger partial charge is 0.241 e. The van der Waals surface area contributed by atoms with Gasteiger partial charge in [-0.1, -0.05) is 11.6 Å². The molecule has 0 aliphatic carbocycles. The first-order chi connectivity index (χ1) is 11.1. The molecule has 1 fully saturated rings. The van der Waals surface area contributed by atoms with Gasteiger partial charge >= 0.3 is 0 Å². The fraction of sp³-hybridized carbons (Fsp3) is 0.250. The van der Waals surface area contributed by atoms with Crippen molar-refractivity contribution in [2.24, 2.45) is 0 Å². The topological polar surface area (TPSA) is 83.5 Å². The Hall–Kier alpha value is -2.15. The van der Waals surface area contributed by atoms with Crippen LogP contribution in [0.15, 0.2) is 42.6 Å². The Morgan fingerprint density at radius 2 is 2.09 bits per heavy atom. The van der Waals surface area contributed by atoms with Gasteiger partial charge in [-0.15, -0.1) is 0 Å². The molecule has 0 radical (unpaired) electrons. The van der Waals surface area contributed by atoms with E-state index in [1.54, 1.807) is 36.4 Å². The average molecular weight is 334 g/mol. The van der Waals surface area contributed by atoms with Crippen LogP contribution in [0.2, 0.25) is 5.02 Å². The van der Waals surface area contributed by atoms with Crippen molar-refractivity contribution in [3.8, 4) is 11.6 Å². The number of nitrogens with one attached hydrogen (secondary N) is 2. The van der Waals surface area contributed by atoms with Crippen LogP contribution in [0.3, 0.4) is 0 Å². The van der Waals surface area contributed by atoms with Crippen LogP contribution in [-0.4, -0.2) is 34.7 Å². The van der Waals surface area contributed by atoms with Gasteiger partial charge in [0.15, 0.2) is 0 Å². The lowest BCUT2D eigenvalue weighted by Gasteiger charge is -2.11. The number of amides is 1. The lowest BCUT2D eigenvalue weighted by Crippen LogP contribution is -2.35. The van der Waals surface area contributed by atoms with Crippen molar-refractivity contribution in [1.82, 2.24) is 10.3 Å². The monoisotopic (exact) mass is 333 g/mol. The summed E-state index contributed by atoms with van der Waals surface area (Å²) in [6.45, 7) is 0.435. The van der Waals surface area contributed by atoms with Gasteiger partial charge in [-0.2, -0.15) is 0 Å². The second-order valence-electron chi connectivity index (χ2n) is 5.28. The summed E-state index contributed by atoms with van der Waals surface area (Å²) in [6, 6.07) is 9.95. The number of aliphatic hydroxyl groups excluding tert-OH is 1. The number of halogens is 1. The molecule has 2 aromatic rings. The molecule has 2 atom stereocenters. The molecule has 120 valence electrons. The van der Waals surface area contributed by atoms with E-state index >= 15 is 0 Å². The van der Waals surface area contributed by atoms with Crippen LogP contribution in [0.5, 0.6) is 11.6 Å². The number of hydrogen-bond donors (Lipinski definition) is 3. The second kappa shape index (κ2) is 6.95. The molecule has 1 aromatic carbocycles. The minimum Gasteiger partial charge on any atom is -0.439 e. The van der Waals surface area contributed by atoms with E-state index in [1.807, 2.05) is 0 Å². The van der Waals surface area contributed by atoms with Crippen molar-refractivity contribution in [3.63, 3.8) is 0 Å². The number of pyridine rings is 1. The van der Waals surface area contributed by atoms with E-state index in [0.717, 1.165) is 0 Å². The first-order valence-electron chi connectivity index (χ1n) is 7.22. The summed E-state index contributed by atoms with van der Waals surface area (Å²) in [5.41, 5.74) is 0.571. The maximum atomic E-state index is 12.0. The van der Waals surface area contributed by atoms with Crippen molar-refractivity contribution < 1.29 is 14.6 Å². The Balaban J connectivity index is 1.58. The highest BCUT2D eigenvalue weighted by Gasteiger charge is 2.27. The van der Waals surface area contributed by atoms with E-state index < -0.39 is 6.10 Å². The first kappa shape index (κ1) is 15.7. The summed E-state index contributed by atoms with van der Waals surface area (Å²) in [7, 11) is 0. The van der Waals surface area contributed by atoms with E-state index in [9.17, 15) is 9.90 Å². The normalized spacial score (nSPS) is 20.3. The molecule has 3 rings (SSSR count). The predicted octanol–water partition coefficient (Wildman–Crippen LogP) is 2.19. The number of aromatic nitrogens is 1. The van der Waals surface area contributed by atoms with Gasteiger partial charge in [0, 0.05) is 17.6 Å².